The van der Waals surface area contributed by atoms with Crippen LogP contribution in [-0.4, -0.2) is 20.1 Å². The lowest BCUT2D eigenvalue weighted by molar-refractivity contribution is 0.0947. The van der Waals surface area contributed by atoms with Crippen LogP contribution in [0.25, 0.3) is 22.3 Å². The van der Waals surface area contributed by atoms with Crippen LogP contribution in [0.15, 0.2) is 65.6 Å². The third-order valence-electron chi connectivity index (χ3n) is 5.27. The molecule has 8 heteroatoms. The van der Waals surface area contributed by atoms with Gasteiger partial charge in [-0.1, -0.05) is 35.9 Å². The molecule has 3 aromatic carbocycles. The molecule has 1 saturated carbocycles. The second kappa shape index (κ2) is 7.92. The number of hydrogen-bond acceptors (Lipinski definition) is 4. The molecule has 0 spiro atoms. The zero-order valence-electron chi connectivity index (χ0n) is 16.3. The number of Topliss-reactive ketones (excluding diaryl/α,β-unsaturated/α-hetero) is 1. The van der Waals surface area contributed by atoms with Gasteiger partial charge in [0.1, 0.15) is 0 Å². The van der Waals surface area contributed by atoms with Gasteiger partial charge >= 0.3 is 0 Å². The first-order valence-electron chi connectivity index (χ1n) is 9.56. The summed E-state index contributed by atoms with van der Waals surface area (Å²) >= 11 is 5.99. The summed E-state index contributed by atoms with van der Waals surface area (Å²) in [5, 5.41) is 5.76. The molecule has 0 atom stereocenters. The highest BCUT2D eigenvalue weighted by Crippen LogP contribution is 2.39. The molecule has 158 valence electrons. The monoisotopic (exact) mass is 454 g/mol. The van der Waals surface area contributed by atoms with Crippen LogP contribution >= 0.6 is 11.6 Å². The molecule has 1 amide bonds. The van der Waals surface area contributed by atoms with Gasteiger partial charge in [-0.05, 0) is 71.5 Å². The largest absolute Gasteiger partial charge is 0.366 e. The second-order valence-corrected chi connectivity index (χ2v) is 9.52. The van der Waals surface area contributed by atoms with Gasteiger partial charge in [0, 0.05) is 16.5 Å². The molecule has 0 heterocycles. The number of ketones is 1. The van der Waals surface area contributed by atoms with Crippen molar-refractivity contribution in [3.63, 3.8) is 0 Å². The Morgan fingerprint density at radius 2 is 1.45 bits per heavy atom. The summed E-state index contributed by atoms with van der Waals surface area (Å²) in [5.41, 5.74) is 8.63. The summed E-state index contributed by atoms with van der Waals surface area (Å²) in [5.74, 6) is -0.980. The Balaban J connectivity index is 1.96. The Kier molecular flexibility index (Phi) is 5.43. The standard InChI is InChI=1S/C23H19ClN2O4S/c24-17-7-3-13(4-8-17)16-11-19(14-5-9-18(10-6-14)31(26,29)30)21(20(12-16)23(25)28)22(27)15-1-2-15/h3-12,15H,1-2H2,(H2,25,28)(H2,26,29,30). The average Bonchev–Trinajstić information content (AvgIpc) is 3.58. The van der Waals surface area contributed by atoms with E-state index in [1.54, 1.807) is 48.5 Å². The minimum absolute atomic E-state index is 0.0460. The third-order valence-corrected chi connectivity index (χ3v) is 6.45. The molecule has 4 N–H and O–H groups in total. The van der Waals surface area contributed by atoms with Crippen LogP contribution in [-0.2, 0) is 10.0 Å². The average molecular weight is 455 g/mol. The number of carbonyl (C=O) groups excluding carboxylic acids is 2. The van der Waals surface area contributed by atoms with Gasteiger partial charge in [0.2, 0.25) is 15.9 Å². The van der Waals surface area contributed by atoms with Gasteiger partial charge in [-0.15, -0.1) is 0 Å². The predicted molar refractivity (Wildman–Crippen MR) is 119 cm³/mol. The smallest absolute Gasteiger partial charge is 0.249 e. The van der Waals surface area contributed by atoms with E-state index in [4.69, 9.17) is 22.5 Å². The number of sulfonamides is 1. The number of benzene rings is 3. The molecule has 0 unspecified atom stereocenters. The summed E-state index contributed by atoms with van der Waals surface area (Å²) in [4.78, 5) is 25.4. The highest BCUT2D eigenvalue weighted by molar-refractivity contribution is 7.89. The van der Waals surface area contributed by atoms with Gasteiger partial charge in [-0.3, -0.25) is 9.59 Å². The van der Waals surface area contributed by atoms with E-state index < -0.39 is 15.9 Å². The number of carbonyl (C=O) groups is 2. The lowest BCUT2D eigenvalue weighted by atomic mass is 9.87. The molecule has 3 aromatic rings. The Morgan fingerprint density at radius 1 is 0.871 bits per heavy atom. The number of nitrogens with two attached hydrogens (primary N) is 2. The molecule has 4 rings (SSSR count). The fourth-order valence-electron chi connectivity index (χ4n) is 3.51. The van der Waals surface area contributed by atoms with E-state index in [1.165, 1.54) is 12.1 Å². The first-order chi connectivity index (χ1) is 14.6. The maximum atomic E-state index is 13.1. The van der Waals surface area contributed by atoms with Crippen molar-refractivity contribution < 1.29 is 18.0 Å². The van der Waals surface area contributed by atoms with Gasteiger partial charge < -0.3 is 5.73 Å². The van der Waals surface area contributed by atoms with E-state index >= 15 is 0 Å². The molecular formula is C23H19ClN2O4S. The molecule has 0 bridgehead atoms. The van der Waals surface area contributed by atoms with Crippen LogP contribution < -0.4 is 10.9 Å². The Hall–Kier alpha value is -3.00. The fraction of sp³-hybridized carbons (Fsp3) is 0.130. The van der Waals surface area contributed by atoms with Crippen LogP contribution in [0.3, 0.4) is 0 Å². The molecule has 31 heavy (non-hydrogen) atoms. The molecule has 0 radical (unpaired) electrons. The normalized spacial score (nSPS) is 13.7. The van der Waals surface area contributed by atoms with Crippen molar-refractivity contribution in [2.45, 2.75) is 17.7 Å². The highest BCUT2D eigenvalue weighted by atomic mass is 35.5. The first-order valence-corrected chi connectivity index (χ1v) is 11.5. The quantitative estimate of drug-likeness (QED) is 0.546. The van der Waals surface area contributed by atoms with Gasteiger partial charge in [0.05, 0.1) is 10.5 Å². The number of halogens is 1. The summed E-state index contributed by atoms with van der Waals surface area (Å²) in [7, 11) is -3.86. The van der Waals surface area contributed by atoms with Crippen LogP contribution in [0, 0.1) is 5.92 Å². The summed E-state index contributed by atoms with van der Waals surface area (Å²) in [6, 6.07) is 16.3. The Labute approximate surface area is 184 Å². The zero-order chi connectivity index (χ0) is 22.3. The van der Waals surface area contributed by atoms with E-state index in [0.29, 0.717) is 21.7 Å². The number of hydrogen-bond donors (Lipinski definition) is 2. The van der Waals surface area contributed by atoms with Gasteiger partial charge in [0.25, 0.3) is 0 Å². The SMILES string of the molecule is NC(=O)c1cc(-c2ccc(Cl)cc2)cc(-c2ccc(S(N)(=O)=O)cc2)c1C(=O)C1CC1. The highest BCUT2D eigenvalue weighted by Gasteiger charge is 2.34. The lowest BCUT2D eigenvalue weighted by Crippen LogP contribution is -2.18. The minimum Gasteiger partial charge on any atom is -0.366 e. The van der Waals surface area contributed by atoms with Crippen LogP contribution in [0.1, 0.15) is 33.6 Å². The third kappa shape index (κ3) is 4.39. The molecule has 0 aliphatic heterocycles. The van der Waals surface area contributed by atoms with E-state index in [0.717, 1.165) is 18.4 Å². The molecule has 1 fully saturated rings. The van der Waals surface area contributed by atoms with Crippen molar-refractivity contribution in [2.24, 2.45) is 16.8 Å². The molecule has 0 saturated heterocycles. The van der Waals surface area contributed by atoms with Crippen molar-refractivity contribution in [1.82, 2.24) is 0 Å². The number of rotatable bonds is 6. The summed E-state index contributed by atoms with van der Waals surface area (Å²) < 4.78 is 23.2. The molecular weight excluding hydrogens is 436 g/mol. The molecule has 6 nitrogen and oxygen atoms in total. The molecule has 1 aliphatic carbocycles. The van der Waals surface area contributed by atoms with Crippen LogP contribution in [0.5, 0.6) is 0 Å². The summed E-state index contributed by atoms with van der Waals surface area (Å²) in [6.07, 6.45) is 1.53. The van der Waals surface area contributed by atoms with E-state index in [-0.39, 0.29) is 27.7 Å². The van der Waals surface area contributed by atoms with E-state index in [2.05, 4.69) is 0 Å². The van der Waals surface area contributed by atoms with Crippen LogP contribution in [0.2, 0.25) is 5.02 Å². The van der Waals surface area contributed by atoms with Gasteiger partial charge in [0.15, 0.2) is 5.78 Å². The van der Waals surface area contributed by atoms with Crippen molar-refractivity contribution in [3.8, 4) is 22.3 Å². The van der Waals surface area contributed by atoms with E-state index in [9.17, 15) is 18.0 Å². The number of amides is 1. The van der Waals surface area contributed by atoms with Crippen LogP contribution in [0.4, 0.5) is 0 Å². The van der Waals surface area contributed by atoms with Crippen molar-refractivity contribution >= 4 is 33.3 Å². The maximum absolute atomic E-state index is 13.1. The second-order valence-electron chi connectivity index (χ2n) is 7.53. The van der Waals surface area contributed by atoms with E-state index in [1.807, 2.05) is 0 Å². The van der Waals surface area contributed by atoms with Gasteiger partial charge in [-0.2, -0.15) is 0 Å². The lowest BCUT2D eigenvalue weighted by Gasteiger charge is -2.16. The van der Waals surface area contributed by atoms with Crippen molar-refractivity contribution in [1.29, 1.82) is 0 Å². The Morgan fingerprint density at radius 3 is 1.97 bits per heavy atom. The number of primary amides is 1. The topological polar surface area (TPSA) is 120 Å². The minimum atomic E-state index is -3.86. The number of primary sulfonamides is 1. The Bertz CT molecular complexity index is 1300. The van der Waals surface area contributed by atoms with Gasteiger partial charge in [-0.25, -0.2) is 13.6 Å². The van der Waals surface area contributed by atoms with Crippen molar-refractivity contribution in [2.75, 3.05) is 0 Å². The summed E-state index contributed by atoms with van der Waals surface area (Å²) in [6.45, 7) is 0. The maximum Gasteiger partial charge on any atom is 0.249 e. The predicted octanol–water partition coefficient (Wildman–Crippen LogP) is 4.01. The fourth-order valence-corrected chi connectivity index (χ4v) is 4.15. The van der Waals surface area contributed by atoms with Crippen molar-refractivity contribution in [3.05, 3.63) is 76.8 Å². The first kappa shape index (κ1) is 21.2. The zero-order valence-corrected chi connectivity index (χ0v) is 17.9. The molecule has 0 aromatic heterocycles. The molecule has 1 aliphatic rings.